The summed E-state index contributed by atoms with van der Waals surface area (Å²) in [5.41, 5.74) is 4.02. The SMILES string of the molecule is Cc1cc(C)c(SC2(CO)CCC2)c(C)c1. The molecule has 0 unspecified atom stereocenters. The Balaban J connectivity index is 2.27. The van der Waals surface area contributed by atoms with Crippen molar-refractivity contribution in [2.24, 2.45) is 0 Å². The van der Waals surface area contributed by atoms with Crippen molar-refractivity contribution in [2.45, 2.75) is 49.7 Å². The van der Waals surface area contributed by atoms with E-state index in [-0.39, 0.29) is 4.75 Å². The molecule has 88 valence electrons. The smallest absolute Gasteiger partial charge is 0.0581 e. The van der Waals surface area contributed by atoms with Gasteiger partial charge in [-0.2, -0.15) is 0 Å². The molecule has 0 spiro atoms. The summed E-state index contributed by atoms with van der Waals surface area (Å²) < 4.78 is 0.116. The summed E-state index contributed by atoms with van der Waals surface area (Å²) in [5.74, 6) is 0. The zero-order chi connectivity index (χ0) is 11.8. The Morgan fingerprint density at radius 3 is 2.12 bits per heavy atom. The van der Waals surface area contributed by atoms with E-state index in [1.807, 2.05) is 11.8 Å². The zero-order valence-corrected chi connectivity index (χ0v) is 11.2. The first-order chi connectivity index (χ1) is 7.56. The number of hydrogen-bond acceptors (Lipinski definition) is 2. The highest BCUT2D eigenvalue weighted by Crippen LogP contribution is 2.48. The molecule has 1 aliphatic rings. The first kappa shape index (κ1) is 12.0. The minimum atomic E-state index is 0.116. The van der Waals surface area contributed by atoms with Gasteiger partial charge in [0.2, 0.25) is 0 Å². The molecule has 1 aromatic carbocycles. The number of rotatable bonds is 3. The van der Waals surface area contributed by atoms with E-state index in [9.17, 15) is 5.11 Å². The fraction of sp³-hybridized carbons (Fsp3) is 0.571. The van der Waals surface area contributed by atoms with E-state index >= 15 is 0 Å². The lowest BCUT2D eigenvalue weighted by Gasteiger charge is -2.40. The molecule has 1 saturated carbocycles. The number of benzene rings is 1. The van der Waals surface area contributed by atoms with Gasteiger partial charge >= 0.3 is 0 Å². The van der Waals surface area contributed by atoms with Crippen molar-refractivity contribution < 1.29 is 5.11 Å². The summed E-state index contributed by atoms with van der Waals surface area (Å²) in [5, 5.41) is 9.51. The van der Waals surface area contributed by atoms with E-state index in [0.717, 1.165) is 12.8 Å². The van der Waals surface area contributed by atoms with Gasteiger partial charge < -0.3 is 5.11 Å². The van der Waals surface area contributed by atoms with E-state index < -0.39 is 0 Å². The molecule has 1 aromatic rings. The van der Waals surface area contributed by atoms with Crippen molar-refractivity contribution in [2.75, 3.05) is 6.61 Å². The van der Waals surface area contributed by atoms with Gasteiger partial charge in [0.1, 0.15) is 0 Å². The number of aliphatic hydroxyl groups is 1. The normalized spacial score (nSPS) is 18.2. The van der Waals surface area contributed by atoms with Crippen LogP contribution in [0.2, 0.25) is 0 Å². The Kier molecular flexibility index (Phi) is 3.32. The molecule has 0 radical (unpaired) electrons. The highest BCUT2D eigenvalue weighted by molar-refractivity contribution is 8.00. The first-order valence-corrected chi connectivity index (χ1v) is 6.76. The summed E-state index contributed by atoms with van der Waals surface area (Å²) in [4.78, 5) is 1.37. The van der Waals surface area contributed by atoms with Gasteiger partial charge in [-0.05, 0) is 44.7 Å². The van der Waals surface area contributed by atoms with Crippen LogP contribution in [0.5, 0.6) is 0 Å². The van der Waals surface area contributed by atoms with Crippen molar-refractivity contribution >= 4 is 11.8 Å². The largest absolute Gasteiger partial charge is 0.395 e. The predicted molar refractivity (Wildman–Crippen MR) is 70.2 cm³/mol. The van der Waals surface area contributed by atoms with E-state index in [4.69, 9.17) is 0 Å². The van der Waals surface area contributed by atoms with Crippen molar-refractivity contribution in [1.29, 1.82) is 0 Å². The molecule has 1 fully saturated rings. The van der Waals surface area contributed by atoms with Crippen LogP contribution < -0.4 is 0 Å². The van der Waals surface area contributed by atoms with E-state index in [1.165, 1.54) is 28.0 Å². The van der Waals surface area contributed by atoms with Gasteiger partial charge in [-0.15, -0.1) is 11.8 Å². The molecule has 0 amide bonds. The monoisotopic (exact) mass is 236 g/mol. The molecule has 0 heterocycles. The third kappa shape index (κ3) is 2.14. The van der Waals surface area contributed by atoms with Gasteiger partial charge in [-0.3, -0.25) is 0 Å². The second-order valence-electron chi connectivity index (χ2n) is 5.02. The summed E-state index contributed by atoms with van der Waals surface area (Å²) in [7, 11) is 0. The second kappa shape index (κ2) is 4.42. The minimum absolute atomic E-state index is 0.116. The maximum absolute atomic E-state index is 9.51. The Morgan fingerprint density at radius 1 is 1.19 bits per heavy atom. The van der Waals surface area contributed by atoms with Gasteiger partial charge in [0.05, 0.1) is 6.61 Å². The third-order valence-corrected chi connectivity index (χ3v) is 5.29. The lowest BCUT2D eigenvalue weighted by molar-refractivity contribution is 0.191. The fourth-order valence-corrected chi connectivity index (χ4v) is 3.84. The average molecular weight is 236 g/mol. The third-order valence-electron chi connectivity index (χ3n) is 3.48. The zero-order valence-electron chi connectivity index (χ0n) is 10.3. The molecule has 1 N–H and O–H groups in total. The number of thioether (sulfide) groups is 1. The summed E-state index contributed by atoms with van der Waals surface area (Å²) in [6, 6.07) is 4.47. The summed E-state index contributed by atoms with van der Waals surface area (Å²) in [6.45, 7) is 6.79. The maximum Gasteiger partial charge on any atom is 0.0581 e. The molecule has 2 rings (SSSR count). The van der Waals surface area contributed by atoms with Crippen LogP contribution in [-0.2, 0) is 0 Å². The van der Waals surface area contributed by atoms with Crippen LogP contribution in [0.15, 0.2) is 17.0 Å². The highest BCUT2D eigenvalue weighted by Gasteiger charge is 2.38. The lowest BCUT2D eigenvalue weighted by Crippen LogP contribution is -2.37. The molecule has 16 heavy (non-hydrogen) atoms. The van der Waals surface area contributed by atoms with Crippen molar-refractivity contribution in [3.63, 3.8) is 0 Å². The second-order valence-corrected chi connectivity index (χ2v) is 6.50. The molecular formula is C14H20OS. The fourth-order valence-electron chi connectivity index (χ4n) is 2.41. The Hall–Kier alpha value is -0.470. The molecule has 1 nitrogen and oxygen atoms in total. The maximum atomic E-state index is 9.51. The number of aryl methyl sites for hydroxylation is 3. The van der Waals surface area contributed by atoms with Gasteiger partial charge in [-0.25, -0.2) is 0 Å². The first-order valence-electron chi connectivity index (χ1n) is 5.94. The van der Waals surface area contributed by atoms with E-state index in [2.05, 4.69) is 32.9 Å². The van der Waals surface area contributed by atoms with Crippen LogP contribution in [-0.4, -0.2) is 16.5 Å². The predicted octanol–water partition coefficient (Wildman–Crippen LogP) is 3.62. The number of aliphatic hydroxyl groups excluding tert-OH is 1. The molecule has 1 aliphatic carbocycles. The van der Waals surface area contributed by atoms with Crippen LogP contribution in [0.1, 0.15) is 36.0 Å². The van der Waals surface area contributed by atoms with E-state index in [1.54, 1.807) is 0 Å². The van der Waals surface area contributed by atoms with Crippen LogP contribution >= 0.6 is 11.8 Å². The lowest BCUT2D eigenvalue weighted by atomic mass is 9.85. The van der Waals surface area contributed by atoms with Crippen molar-refractivity contribution in [3.8, 4) is 0 Å². The van der Waals surface area contributed by atoms with E-state index in [0.29, 0.717) is 6.61 Å². The van der Waals surface area contributed by atoms with Crippen LogP contribution in [0, 0.1) is 20.8 Å². The topological polar surface area (TPSA) is 20.2 Å². The molecule has 0 saturated heterocycles. The van der Waals surface area contributed by atoms with Gasteiger partial charge in [0, 0.05) is 9.64 Å². The Labute approximate surface area is 102 Å². The van der Waals surface area contributed by atoms with Crippen LogP contribution in [0.4, 0.5) is 0 Å². The number of hydrogen-bond donors (Lipinski definition) is 1. The van der Waals surface area contributed by atoms with Crippen molar-refractivity contribution in [1.82, 2.24) is 0 Å². The summed E-state index contributed by atoms with van der Waals surface area (Å²) in [6.07, 6.45) is 3.57. The molecule has 0 aromatic heterocycles. The quantitative estimate of drug-likeness (QED) is 0.865. The van der Waals surface area contributed by atoms with Crippen molar-refractivity contribution in [3.05, 3.63) is 28.8 Å². The van der Waals surface area contributed by atoms with Gasteiger partial charge in [0.25, 0.3) is 0 Å². The molecule has 0 bridgehead atoms. The highest BCUT2D eigenvalue weighted by atomic mass is 32.2. The van der Waals surface area contributed by atoms with Gasteiger partial charge in [0.15, 0.2) is 0 Å². The van der Waals surface area contributed by atoms with Crippen LogP contribution in [0.25, 0.3) is 0 Å². The van der Waals surface area contributed by atoms with Gasteiger partial charge in [-0.1, -0.05) is 24.1 Å². The minimum Gasteiger partial charge on any atom is -0.395 e. The molecule has 0 atom stereocenters. The Morgan fingerprint density at radius 2 is 1.75 bits per heavy atom. The summed E-state index contributed by atoms with van der Waals surface area (Å²) >= 11 is 1.89. The molecule has 0 aliphatic heterocycles. The molecule has 2 heteroatoms. The average Bonchev–Trinajstić information content (AvgIpc) is 2.14. The molecular weight excluding hydrogens is 216 g/mol. The van der Waals surface area contributed by atoms with Crippen LogP contribution in [0.3, 0.4) is 0 Å². The standard InChI is InChI=1S/C14H20OS/c1-10-7-11(2)13(12(3)8-10)16-14(9-15)5-4-6-14/h7-8,15H,4-6,9H2,1-3H3. The Bertz CT molecular complexity index is 365.